The Morgan fingerprint density at radius 3 is 1.95 bits per heavy atom. The van der Waals surface area contributed by atoms with Gasteiger partial charge in [-0.25, -0.2) is 4.79 Å². The lowest BCUT2D eigenvalue weighted by atomic mass is 10.2. The van der Waals surface area contributed by atoms with E-state index in [4.69, 9.17) is 19.7 Å². The second kappa shape index (κ2) is 9.14. The van der Waals surface area contributed by atoms with Crippen LogP contribution in [0.1, 0.15) is 12.5 Å². The summed E-state index contributed by atoms with van der Waals surface area (Å²) < 4.78 is 0. The van der Waals surface area contributed by atoms with Crippen molar-refractivity contribution < 1.29 is 24.5 Å². The molecule has 0 bridgehead atoms. The molecule has 1 N–H and O–H groups in total. The number of para-hydroxylation sites is 1. The number of carboxylic acids is 1. The largest absolute Gasteiger partial charge is 0.481 e. The van der Waals surface area contributed by atoms with Crippen molar-refractivity contribution in [2.45, 2.75) is 13.3 Å². The fourth-order valence-corrected chi connectivity index (χ4v) is 1.36. The molecule has 0 unspecified atom stereocenters. The zero-order valence-electron chi connectivity index (χ0n) is 11.6. The Morgan fingerprint density at radius 2 is 1.43 bits per heavy atom. The Hall–Kier alpha value is -2.82. The average molecular weight is 288 g/mol. The molecule has 5 heteroatoms. The fraction of sp³-hybridized carbons (Fsp3) is 0.125. The molecule has 0 amide bonds. The van der Waals surface area contributed by atoms with Gasteiger partial charge in [0, 0.05) is 6.92 Å². The topological polar surface area (TPSA) is 72.8 Å². The molecule has 0 fully saturated rings. The predicted octanol–water partition coefficient (Wildman–Crippen LogP) is 2.86. The van der Waals surface area contributed by atoms with Crippen LogP contribution in [-0.2, 0) is 20.9 Å². The zero-order chi connectivity index (χ0) is 15.5. The third-order valence-corrected chi connectivity index (χ3v) is 2.17. The van der Waals surface area contributed by atoms with Gasteiger partial charge >= 0.3 is 5.97 Å². The van der Waals surface area contributed by atoms with Crippen LogP contribution >= 0.6 is 0 Å². The lowest BCUT2D eigenvalue weighted by Gasteiger charge is -2.03. The second-order valence-corrected chi connectivity index (χ2v) is 4.03. The summed E-state index contributed by atoms with van der Waals surface area (Å²) in [6, 6.07) is 18.3. The lowest BCUT2D eigenvalue weighted by Crippen LogP contribution is -2.10. The minimum absolute atomic E-state index is 0.202. The van der Waals surface area contributed by atoms with Crippen molar-refractivity contribution in [3.05, 3.63) is 66.2 Å². The molecule has 2 rings (SSSR count). The first kappa shape index (κ1) is 16.2. The molecule has 0 spiro atoms. The highest BCUT2D eigenvalue weighted by Crippen LogP contribution is 2.09. The average Bonchev–Trinajstić information content (AvgIpc) is 2.47. The van der Waals surface area contributed by atoms with Gasteiger partial charge in [0.05, 0.1) is 6.42 Å². The van der Waals surface area contributed by atoms with Crippen molar-refractivity contribution >= 4 is 11.9 Å². The van der Waals surface area contributed by atoms with Crippen LogP contribution in [0.3, 0.4) is 0 Å². The number of aliphatic carboxylic acids is 1. The van der Waals surface area contributed by atoms with Crippen LogP contribution in [0.5, 0.6) is 5.75 Å². The van der Waals surface area contributed by atoms with Crippen molar-refractivity contribution in [3.8, 4) is 5.75 Å². The maximum Gasteiger partial charge on any atom is 0.359 e. The van der Waals surface area contributed by atoms with Crippen molar-refractivity contribution in [1.29, 1.82) is 0 Å². The van der Waals surface area contributed by atoms with E-state index in [9.17, 15) is 4.79 Å². The molecule has 0 atom stereocenters. The minimum atomic E-state index is -0.833. The van der Waals surface area contributed by atoms with Gasteiger partial charge in [-0.15, -0.1) is 0 Å². The Kier molecular flexibility index (Phi) is 7.07. The normalized spacial score (nSPS) is 9.00. The number of benzene rings is 2. The van der Waals surface area contributed by atoms with Crippen molar-refractivity contribution in [2.75, 3.05) is 0 Å². The highest BCUT2D eigenvalue weighted by atomic mass is 17.2. The predicted molar refractivity (Wildman–Crippen MR) is 76.6 cm³/mol. The molecule has 0 aliphatic heterocycles. The second-order valence-electron chi connectivity index (χ2n) is 4.03. The van der Waals surface area contributed by atoms with Crippen LogP contribution in [-0.4, -0.2) is 17.0 Å². The molecule has 0 heterocycles. The van der Waals surface area contributed by atoms with Crippen LogP contribution in [0.4, 0.5) is 0 Å². The van der Waals surface area contributed by atoms with Crippen LogP contribution < -0.4 is 4.89 Å². The molecule has 0 saturated carbocycles. The van der Waals surface area contributed by atoms with Crippen molar-refractivity contribution in [3.63, 3.8) is 0 Å². The van der Waals surface area contributed by atoms with Gasteiger partial charge in [-0.2, -0.15) is 0 Å². The molecule has 0 aliphatic carbocycles. The van der Waals surface area contributed by atoms with Gasteiger partial charge in [-0.05, 0) is 17.7 Å². The molecule has 21 heavy (non-hydrogen) atoms. The van der Waals surface area contributed by atoms with E-state index < -0.39 is 11.9 Å². The van der Waals surface area contributed by atoms with Gasteiger partial charge in [0.25, 0.3) is 5.97 Å². The zero-order valence-corrected chi connectivity index (χ0v) is 11.6. The van der Waals surface area contributed by atoms with E-state index in [2.05, 4.69) is 0 Å². The molecule has 110 valence electrons. The number of carbonyl (C=O) groups is 2. The van der Waals surface area contributed by atoms with E-state index in [0.717, 1.165) is 12.5 Å². The fourth-order valence-electron chi connectivity index (χ4n) is 1.36. The lowest BCUT2D eigenvalue weighted by molar-refractivity contribution is -0.212. The Morgan fingerprint density at radius 1 is 0.952 bits per heavy atom. The summed E-state index contributed by atoms with van der Waals surface area (Å²) in [5, 5.41) is 7.42. The van der Waals surface area contributed by atoms with Gasteiger partial charge in [0.15, 0.2) is 5.75 Å². The number of carboxylic acid groups (broad SMARTS) is 1. The summed E-state index contributed by atoms with van der Waals surface area (Å²) in [6.45, 7) is 1.08. The number of carbonyl (C=O) groups excluding carboxylic acids is 1. The monoisotopic (exact) mass is 288 g/mol. The SMILES string of the molecule is CC(=O)O.O=C(Cc1ccccc1)OOc1ccccc1. The van der Waals surface area contributed by atoms with Crippen LogP contribution in [0.25, 0.3) is 0 Å². The smallest absolute Gasteiger partial charge is 0.359 e. The van der Waals surface area contributed by atoms with Gasteiger partial charge in [-0.3, -0.25) is 14.6 Å². The first-order valence-corrected chi connectivity index (χ1v) is 6.24. The van der Waals surface area contributed by atoms with Crippen LogP contribution in [0.2, 0.25) is 0 Å². The van der Waals surface area contributed by atoms with E-state index in [1.807, 2.05) is 36.4 Å². The first-order valence-electron chi connectivity index (χ1n) is 6.24. The molecule has 2 aromatic rings. The van der Waals surface area contributed by atoms with E-state index in [1.165, 1.54) is 0 Å². The van der Waals surface area contributed by atoms with Gasteiger partial charge in [0.1, 0.15) is 0 Å². The third-order valence-electron chi connectivity index (χ3n) is 2.17. The molecule has 0 radical (unpaired) electrons. The summed E-state index contributed by atoms with van der Waals surface area (Å²) >= 11 is 0. The molecule has 2 aromatic carbocycles. The maximum atomic E-state index is 11.4. The van der Waals surface area contributed by atoms with Crippen molar-refractivity contribution in [2.24, 2.45) is 0 Å². The molecular weight excluding hydrogens is 272 g/mol. The van der Waals surface area contributed by atoms with Crippen LogP contribution in [0.15, 0.2) is 60.7 Å². The molecule has 0 saturated heterocycles. The summed E-state index contributed by atoms with van der Waals surface area (Å²) in [5.41, 5.74) is 0.897. The van der Waals surface area contributed by atoms with Gasteiger partial charge in [-0.1, -0.05) is 48.5 Å². The number of rotatable bonds is 4. The maximum absolute atomic E-state index is 11.4. The molecule has 0 aliphatic rings. The highest BCUT2D eigenvalue weighted by molar-refractivity contribution is 5.72. The first-order chi connectivity index (χ1) is 10.1. The number of hydrogen-bond acceptors (Lipinski definition) is 4. The molecule has 5 nitrogen and oxygen atoms in total. The van der Waals surface area contributed by atoms with E-state index in [1.54, 1.807) is 24.3 Å². The summed E-state index contributed by atoms with van der Waals surface area (Å²) in [6.07, 6.45) is 0.202. The molecule has 0 aromatic heterocycles. The summed E-state index contributed by atoms with van der Waals surface area (Å²) in [4.78, 5) is 30.0. The van der Waals surface area contributed by atoms with Crippen LogP contribution in [0, 0.1) is 0 Å². The number of hydrogen-bond donors (Lipinski definition) is 1. The molecular formula is C16H16O5. The highest BCUT2D eigenvalue weighted by Gasteiger charge is 2.06. The van der Waals surface area contributed by atoms with Gasteiger partial charge < -0.3 is 5.11 Å². The van der Waals surface area contributed by atoms with E-state index in [0.29, 0.717) is 5.75 Å². The Labute approximate surface area is 122 Å². The third kappa shape index (κ3) is 8.05. The Bertz CT molecular complexity index is 547. The Balaban J connectivity index is 0.000000491. The quantitative estimate of drug-likeness (QED) is 0.691. The summed E-state index contributed by atoms with van der Waals surface area (Å²) in [7, 11) is 0. The summed E-state index contributed by atoms with van der Waals surface area (Å²) in [5.74, 6) is -0.742. The van der Waals surface area contributed by atoms with E-state index >= 15 is 0 Å². The van der Waals surface area contributed by atoms with E-state index in [-0.39, 0.29) is 6.42 Å². The van der Waals surface area contributed by atoms with Gasteiger partial charge in [0.2, 0.25) is 0 Å². The minimum Gasteiger partial charge on any atom is -0.481 e. The standard InChI is InChI=1S/C14H12O3.C2H4O2/c15-14(11-12-7-3-1-4-8-12)17-16-13-9-5-2-6-10-13;1-2(3)4/h1-10H,11H2;1H3,(H,3,4). The van der Waals surface area contributed by atoms with Crippen molar-refractivity contribution in [1.82, 2.24) is 0 Å².